The smallest absolute Gasteiger partial charge is 0.0540 e. The van der Waals surface area contributed by atoms with Crippen LogP contribution >= 0.6 is 11.3 Å². The highest BCUT2D eigenvalue weighted by Crippen LogP contribution is 2.47. The van der Waals surface area contributed by atoms with E-state index in [0.717, 1.165) is 17.1 Å². The maximum Gasteiger partial charge on any atom is 0.0540 e. The van der Waals surface area contributed by atoms with Crippen molar-refractivity contribution in [3.8, 4) is 33.4 Å². The molecule has 52 heavy (non-hydrogen) atoms. The number of thiophene rings is 1. The van der Waals surface area contributed by atoms with Crippen LogP contribution in [0, 0.1) is 0 Å². The first-order chi connectivity index (χ1) is 25.8. The number of hydrogen-bond acceptors (Lipinski definition) is 2. The number of nitrogens with zero attached hydrogens (tertiary/aromatic N) is 1. The van der Waals surface area contributed by atoms with Gasteiger partial charge in [0, 0.05) is 37.0 Å². The van der Waals surface area contributed by atoms with Gasteiger partial charge in [-0.2, -0.15) is 0 Å². The standard InChI is InChI=1S/C50H33NS/c1-3-17-39-34(13-1)15-11-22-40(39)36-27-30-38(31-28-36)51(48-25-9-6-20-44(48)43-23-12-16-35-14-2-4-18-41(35)43)47-24-8-5-19-42(47)37-29-32-46-45-21-7-10-26-49(45)52-50(46)33-37/h1-33H. The Morgan fingerprint density at radius 3 is 1.56 bits per heavy atom. The van der Waals surface area contributed by atoms with Gasteiger partial charge in [-0.3, -0.25) is 0 Å². The molecule has 0 aliphatic rings. The van der Waals surface area contributed by atoms with Crippen molar-refractivity contribution in [1.29, 1.82) is 0 Å². The van der Waals surface area contributed by atoms with Gasteiger partial charge >= 0.3 is 0 Å². The third-order valence-corrected chi connectivity index (χ3v) is 11.4. The van der Waals surface area contributed by atoms with E-state index in [1.807, 2.05) is 11.3 Å². The van der Waals surface area contributed by atoms with Gasteiger partial charge in [-0.25, -0.2) is 0 Å². The topological polar surface area (TPSA) is 3.24 Å². The summed E-state index contributed by atoms with van der Waals surface area (Å²) in [4.78, 5) is 2.45. The van der Waals surface area contributed by atoms with E-state index in [1.54, 1.807) is 0 Å². The second-order valence-corrected chi connectivity index (χ2v) is 14.4. The van der Waals surface area contributed by atoms with Gasteiger partial charge in [-0.05, 0) is 80.2 Å². The summed E-state index contributed by atoms with van der Waals surface area (Å²) in [6.07, 6.45) is 0. The molecule has 0 aliphatic heterocycles. The summed E-state index contributed by atoms with van der Waals surface area (Å²) < 4.78 is 2.62. The SMILES string of the molecule is c1ccc(N(c2ccc(-c3cccc4ccccc34)cc2)c2ccccc2-c2cccc3ccccc23)c(-c2ccc3c(c2)sc2ccccc23)c1. The Morgan fingerprint density at radius 1 is 0.308 bits per heavy atom. The van der Waals surface area contributed by atoms with Gasteiger partial charge in [0.15, 0.2) is 0 Å². The molecule has 0 bridgehead atoms. The summed E-state index contributed by atoms with van der Waals surface area (Å²) >= 11 is 1.86. The lowest BCUT2D eigenvalue weighted by atomic mass is 9.94. The van der Waals surface area contributed by atoms with Gasteiger partial charge in [0.1, 0.15) is 0 Å². The van der Waals surface area contributed by atoms with E-state index < -0.39 is 0 Å². The molecule has 0 fully saturated rings. The van der Waals surface area contributed by atoms with E-state index in [0.29, 0.717) is 0 Å². The van der Waals surface area contributed by atoms with E-state index in [1.165, 1.54) is 75.1 Å². The van der Waals surface area contributed by atoms with E-state index in [4.69, 9.17) is 0 Å². The molecule has 9 aromatic carbocycles. The number of hydrogen-bond donors (Lipinski definition) is 0. The molecule has 0 amide bonds. The van der Waals surface area contributed by atoms with Crippen LogP contribution in [0.25, 0.3) is 75.1 Å². The first kappa shape index (κ1) is 30.4. The number of para-hydroxylation sites is 2. The molecular weight excluding hydrogens is 647 g/mol. The molecule has 10 rings (SSSR count). The van der Waals surface area contributed by atoms with Crippen molar-refractivity contribution in [1.82, 2.24) is 0 Å². The molecule has 0 saturated carbocycles. The van der Waals surface area contributed by atoms with E-state index >= 15 is 0 Å². The first-order valence-electron chi connectivity index (χ1n) is 17.8. The van der Waals surface area contributed by atoms with Gasteiger partial charge in [0.05, 0.1) is 11.4 Å². The van der Waals surface area contributed by atoms with Crippen LogP contribution < -0.4 is 4.90 Å². The predicted molar refractivity (Wildman–Crippen MR) is 225 cm³/mol. The monoisotopic (exact) mass is 679 g/mol. The lowest BCUT2D eigenvalue weighted by Crippen LogP contribution is -2.12. The molecule has 0 spiro atoms. The van der Waals surface area contributed by atoms with E-state index in [-0.39, 0.29) is 0 Å². The Labute approximate surface area is 307 Å². The summed E-state index contributed by atoms with van der Waals surface area (Å²) in [6.45, 7) is 0. The number of benzene rings is 9. The number of fused-ring (bicyclic) bond motifs is 5. The second kappa shape index (κ2) is 12.7. The molecule has 244 valence electrons. The molecule has 0 aliphatic carbocycles. The minimum Gasteiger partial charge on any atom is -0.309 e. The normalized spacial score (nSPS) is 11.5. The van der Waals surface area contributed by atoms with Crippen LogP contribution in [0.4, 0.5) is 17.1 Å². The van der Waals surface area contributed by atoms with Crippen LogP contribution in [0.3, 0.4) is 0 Å². The van der Waals surface area contributed by atoms with Crippen molar-refractivity contribution < 1.29 is 0 Å². The number of rotatable bonds is 6. The average molecular weight is 680 g/mol. The third kappa shape index (κ3) is 5.16. The maximum atomic E-state index is 2.45. The fourth-order valence-electron chi connectivity index (χ4n) is 7.84. The fourth-order valence-corrected chi connectivity index (χ4v) is 8.98. The van der Waals surface area contributed by atoms with Gasteiger partial charge in [0.2, 0.25) is 0 Å². The average Bonchev–Trinajstić information content (AvgIpc) is 3.59. The van der Waals surface area contributed by atoms with Gasteiger partial charge in [-0.15, -0.1) is 11.3 Å². The molecule has 2 heteroatoms. The molecule has 1 heterocycles. The van der Waals surface area contributed by atoms with E-state index in [2.05, 4.69) is 205 Å². The molecule has 0 radical (unpaired) electrons. The molecule has 0 N–H and O–H groups in total. The zero-order valence-electron chi connectivity index (χ0n) is 28.4. The van der Waals surface area contributed by atoms with Crippen molar-refractivity contribution in [3.63, 3.8) is 0 Å². The summed E-state index contributed by atoms with van der Waals surface area (Å²) in [5, 5.41) is 7.62. The Hall–Kier alpha value is -6.48. The lowest BCUT2D eigenvalue weighted by Gasteiger charge is -2.30. The van der Waals surface area contributed by atoms with Crippen molar-refractivity contribution in [2.24, 2.45) is 0 Å². The molecule has 0 atom stereocenters. The summed E-state index contributed by atoms with van der Waals surface area (Å²) in [5.41, 5.74) is 10.6. The van der Waals surface area contributed by atoms with Crippen LogP contribution in [-0.2, 0) is 0 Å². The minimum absolute atomic E-state index is 1.10. The highest BCUT2D eigenvalue weighted by molar-refractivity contribution is 7.25. The quantitative estimate of drug-likeness (QED) is 0.169. The summed E-state index contributed by atoms with van der Waals surface area (Å²) in [7, 11) is 0. The molecule has 10 aromatic rings. The van der Waals surface area contributed by atoms with Crippen LogP contribution in [0.2, 0.25) is 0 Å². The molecule has 1 aromatic heterocycles. The van der Waals surface area contributed by atoms with Crippen molar-refractivity contribution in [2.45, 2.75) is 0 Å². The highest BCUT2D eigenvalue weighted by atomic mass is 32.1. The lowest BCUT2D eigenvalue weighted by molar-refractivity contribution is 1.28. The van der Waals surface area contributed by atoms with Crippen LogP contribution in [0.5, 0.6) is 0 Å². The Kier molecular flexibility index (Phi) is 7.41. The zero-order valence-corrected chi connectivity index (χ0v) is 29.2. The molecule has 0 unspecified atom stereocenters. The largest absolute Gasteiger partial charge is 0.309 e. The first-order valence-corrected chi connectivity index (χ1v) is 18.6. The molecule has 1 nitrogen and oxygen atoms in total. The van der Waals surface area contributed by atoms with Gasteiger partial charge in [-0.1, -0.05) is 164 Å². The Bertz CT molecular complexity index is 2910. The van der Waals surface area contributed by atoms with Crippen LogP contribution in [-0.4, -0.2) is 0 Å². The predicted octanol–water partition coefficient (Wildman–Crippen LogP) is 14.8. The van der Waals surface area contributed by atoms with Crippen LogP contribution in [0.15, 0.2) is 200 Å². The Morgan fingerprint density at radius 2 is 0.808 bits per heavy atom. The zero-order chi connectivity index (χ0) is 34.4. The van der Waals surface area contributed by atoms with Crippen LogP contribution in [0.1, 0.15) is 0 Å². The highest BCUT2D eigenvalue weighted by Gasteiger charge is 2.21. The van der Waals surface area contributed by atoms with Gasteiger partial charge in [0.25, 0.3) is 0 Å². The summed E-state index contributed by atoms with van der Waals surface area (Å²) in [6, 6.07) is 73.0. The molecular formula is C50H33NS. The summed E-state index contributed by atoms with van der Waals surface area (Å²) in [5.74, 6) is 0. The van der Waals surface area contributed by atoms with E-state index in [9.17, 15) is 0 Å². The third-order valence-electron chi connectivity index (χ3n) is 10.3. The van der Waals surface area contributed by atoms with Crippen molar-refractivity contribution in [3.05, 3.63) is 200 Å². The Balaban J connectivity index is 1.19. The fraction of sp³-hybridized carbons (Fsp3) is 0. The van der Waals surface area contributed by atoms with Gasteiger partial charge < -0.3 is 4.90 Å². The minimum atomic E-state index is 1.10. The molecule has 0 saturated heterocycles. The second-order valence-electron chi connectivity index (χ2n) is 13.3. The van der Waals surface area contributed by atoms with Crippen molar-refractivity contribution >= 4 is 70.1 Å². The van der Waals surface area contributed by atoms with Crippen molar-refractivity contribution in [2.75, 3.05) is 4.90 Å². The number of anilines is 3. The maximum absolute atomic E-state index is 2.45.